The number of amides is 2. The van der Waals surface area contributed by atoms with E-state index in [1.165, 1.54) is 5.56 Å². The number of urea groups is 1. The molecule has 2 aromatic heterocycles. The Hall–Kier alpha value is -3.99. The molecule has 0 bridgehead atoms. The largest absolute Gasteiger partial charge is 0.322 e. The van der Waals surface area contributed by atoms with Crippen LogP contribution in [-0.4, -0.2) is 20.9 Å². The van der Waals surface area contributed by atoms with Crippen LogP contribution in [0.15, 0.2) is 104 Å². The number of rotatable bonds is 7. The van der Waals surface area contributed by atoms with Gasteiger partial charge in [0.25, 0.3) is 0 Å². The molecule has 0 radical (unpaired) electrons. The molecule has 2 heterocycles. The van der Waals surface area contributed by atoms with Gasteiger partial charge in [-0.1, -0.05) is 54.6 Å². The number of nitrogens with one attached hydrogen (secondary N) is 1. The lowest BCUT2D eigenvalue weighted by molar-refractivity contribution is 0.206. The first kappa shape index (κ1) is 20.3. The molecular weight excluding hydrogens is 384 g/mol. The first-order chi connectivity index (χ1) is 15.3. The number of hydrogen-bond donors (Lipinski definition) is 1. The van der Waals surface area contributed by atoms with Crippen LogP contribution in [0.3, 0.4) is 0 Å². The summed E-state index contributed by atoms with van der Waals surface area (Å²) in [5, 5.41) is 3.12. The lowest BCUT2D eigenvalue weighted by Crippen LogP contribution is -2.34. The number of hydrogen-bond acceptors (Lipinski definition) is 3. The SMILES string of the molecule is O=C(Nc1ccccc1Cc1ccccc1)N(Cc1ccncc1)Cc1cccnc1. The van der Waals surface area contributed by atoms with E-state index in [0.717, 1.165) is 28.8 Å². The summed E-state index contributed by atoms with van der Waals surface area (Å²) in [6, 6.07) is 25.7. The molecule has 154 valence electrons. The summed E-state index contributed by atoms with van der Waals surface area (Å²) in [6.07, 6.45) is 7.76. The third-order valence-corrected chi connectivity index (χ3v) is 5.00. The summed E-state index contributed by atoms with van der Waals surface area (Å²) in [7, 11) is 0. The van der Waals surface area contributed by atoms with Gasteiger partial charge in [-0.05, 0) is 52.9 Å². The van der Waals surface area contributed by atoms with E-state index in [4.69, 9.17) is 0 Å². The Bertz CT molecular complexity index is 1060. The Morgan fingerprint density at radius 1 is 0.710 bits per heavy atom. The van der Waals surface area contributed by atoms with Crippen LogP contribution in [0.1, 0.15) is 22.3 Å². The van der Waals surface area contributed by atoms with Gasteiger partial charge >= 0.3 is 6.03 Å². The minimum Gasteiger partial charge on any atom is -0.316 e. The van der Waals surface area contributed by atoms with Crippen LogP contribution in [0.25, 0.3) is 0 Å². The molecule has 5 heteroatoms. The lowest BCUT2D eigenvalue weighted by atomic mass is 10.0. The Morgan fingerprint density at radius 3 is 2.19 bits per heavy atom. The van der Waals surface area contributed by atoms with Crippen LogP contribution in [0.2, 0.25) is 0 Å². The summed E-state index contributed by atoms with van der Waals surface area (Å²) in [5.41, 5.74) is 5.10. The molecule has 0 unspecified atom stereocenters. The molecule has 0 aliphatic rings. The summed E-state index contributed by atoms with van der Waals surface area (Å²) in [4.78, 5) is 23.3. The maximum Gasteiger partial charge on any atom is 0.322 e. The van der Waals surface area contributed by atoms with Crippen LogP contribution in [0.5, 0.6) is 0 Å². The first-order valence-corrected chi connectivity index (χ1v) is 10.2. The molecule has 4 aromatic rings. The van der Waals surface area contributed by atoms with E-state index in [1.54, 1.807) is 29.7 Å². The van der Waals surface area contributed by atoms with E-state index >= 15 is 0 Å². The van der Waals surface area contributed by atoms with Crippen molar-refractivity contribution in [3.8, 4) is 0 Å². The fourth-order valence-electron chi connectivity index (χ4n) is 3.43. The minimum atomic E-state index is -0.152. The van der Waals surface area contributed by atoms with Crippen LogP contribution in [0, 0.1) is 0 Å². The number of benzene rings is 2. The molecular formula is C26H24N4O. The standard InChI is InChI=1S/C26H24N4O/c31-26(29-25-11-5-4-10-24(25)17-21-7-2-1-3-8-21)30(19-22-12-15-27-16-13-22)20-23-9-6-14-28-18-23/h1-16,18H,17,19-20H2,(H,29,31). The molecule has 0 saturated carbocycles. The number of nitrogens with zero attached hydrogens (tertiary/aromatic N) is 3. The fraction of sp³-hybridized carbons (Fsp3) is 0.115. The van der Waals surface area contributed by atoms with Crippen LogP contribution in [-0.2, 0) is 19.5 Å². The monoisotopic (exact) mass is 408 g/mol. The molecule has 31 heavy (non-hydrogen) atoms. The van der Waals surface area contributed by atoms with Gasteiger partial charge < -0.3 is 10.2 Å². The number of carbonyl (C=O) groups is 1. The van der Waals surface area contributed by atoms with Gasteiger partial charge in [-0.15, -0.1) is 0 Å². The lowest BCUT2D eigenvalue weighted by Gasteiger charge is -2.24. The molecule has 0 atom stereocenters. The summed E-state index contributed by atoms with van der Waals surface area (Å²) in [6.45, 7) is 0.937. The second kappa shape index (κ2) is 10.2. The van der Waals surface area contributed by atoms with Gasteiger partial charge in [-0.25, -0.2) is 4.79 Å². The second-order valence-corrected chi connectivity index (χ2v) is 7.32. The van der Waals surface area contributed by atoms with E-state index < -0.39 is 0 Å². The van der Waals surface area contributed by atoms with Gasteiger partial charge in [0.2, 0.25) is 0 Å². The van der Waals surface area contributed by atoms with Crippen molar-refractivity contribution in [1.82, 2.24) is 14.9 Å². The predicted octanol–water partition coefficient (Wildman–Crippen LogP) is 5.30. The number of aromatic nitrogens is 2. The van der Waals surface area contributed by atoms with Crippen molar-refractivity contribution in [2.45, 2.75) is 19.5 Å². The molecule has 2 amide bonds. The number of carbonyl (C=O) groups excluding carboxylic acids is 1. The Kier molecular flexibility index (Phi) is 6.65. The molecule has 0 spiro atoms. The first-order valence-electron chi connectivity index (χ1n) is 10.2. The van der Waals surface area contributed by atoms with Gasteiger partial charge in [0.1, 0.15) is 0 Å². The molecule has 0 saturated heterocycles. The maximum absolute atomic E-state index is 13.3. The van der Waals surface area contributed by atoms with Crippen molar-refractivity contribution in [3.63, 3.8) is 0 Å². The van der Waals surface area contributed by atoms with Crippen LogP contribution >= 0.6 is 0 Å². The highest BCUT2D eigenvalue weighted by atomic mass is 16.2. The van der Waals surface area contributed by atoms with Crippen molar-refractivity contribution in [2.75, 3.05) is 5.32 Å². The molecule has 1 N–H and O–H groups in total. The van der Waals surface area contributed by atoms with Crippen molar-refractivity contribution >= 4 is 11.7 Å². The Balaban J connectivity index is 1.54. The average molecular weight is 409 g/mol. The van der Waals surface area contributed by atoms with Gasteiger partial charge in [0.15, 0.2) is 0 Å². The number of pyridine rings is 2. The van der Waals surface area contributed by atoms with Crippen LogP contribution in [0.4, 0.5) is 10.5 Å². The summed E-state index contributed by atoms with van der Waals surface area (Å²) < 4.78 is 0. The summed E-state index contributed by atoms with van der Waals surface area (Å²) in [5.74, 6) is 0. The highest BCUT2D eigenvalue weighted by molar-refractivity contribution is 5.90. The molecule has 0 aliphatic heterocycles. The van der Waals surface area contributed by atoms with E-state index in [2.05, 4.69) is 33.5 Å². The minimum absolute atomic E-state index is 0.152. The highest BCUT2D eigenvalue weighted by Crippen LogP contribution is 2.20. The number of anilines is 1. The van der Waals surface area contributed by atoms with Gasteiger partial charge in [-0.3, -0.25) is 9.97 Å². The topological polar surface area (TPSA) is 58.1 Å². The van der Waals surface area contributed by atoms with Crippen molar-refractivity contribution in [2.24, 2.45) is 0 Å². The maximum atomic E-state index is 13.3. The molecule has 0 aliphatic carbocycles. The van der Waals surface area contributed by atoms with Crippen molar-refractivity contribution in [1.29, 1.82) is 0 Å². The smallest absolute Gasteiger partial charge is 0.316 e. The Morgan fingerprint density at radius 2 is 1.42 bits per heavy atom. The third kappa shape index (κ3) is 5.76. The second-order valence-electron chi connectivity index (χ2n) is 7.32. The van der Waals surface area contributed by atoms with E-state index in [0.29, 0.717) is 13.1 Å². The number of para-hydroxylation sites is 1. The predicted molar refractivity (Wildman–Crippen MR) is 122 cm³/mol. The Labute approximate surface area is 182 Å². The highest BCUT2D eigenvalue weighted by Gasteiger charge is 2.16. The molecule has 0 fully saturated rings. The third-order valence-electron chi connectivity index (χ3n) is 5.00. The van der Waals surface area contributed by atoms with Gasteiger partial charge in [0, 0.05) is 43.6 Å². The molecule has 4 rings (SSSR count). The van der Waals surface area contributed by atoms with Crippen LogP contribution < -0.4 is 5.32 Å². The van der Waals surface area contributed by atoms with Crippen molar-refractivity contribution in [3.05, 3.63) is 126 Å². The molecule has 5 nitrogen and oxygen atoms in total. The average Bonchev–Trinajstić information content (AvgIpc) is 2.82. The van der Waals surface area contributed by atoms with E-state index in [1.807, 2.05) is 60.7 Å². The summed E-state index contributed by atoms with van der Waals surface area (Å²) >= 11 is 0. The van der Waals surface area contributed by atoms with Crippen molar-refractivity contribution < 1.29 is 4.79 Å². The zero-order valence-corrected chi connectivity index (χ0v) is 17.2. The fourth-order valence-corrected chi connectivity index (χ4v) is 3.43. The normalized spacial score (nSPS) is 10.5. The van der Waals surface area contributed by atoms with E-state index in [9.17, 15) is 4.79 Å². The van der Waals surface area contributed by atoms with Gasteiger partial charge in [-0.2, -0.15) is 0 Å². The van der Waals surface area contributed by atoms with Gasteiger partial charge in [0.05, 0.1) is 0 Å². The zero-order valence-electron chi connectivity index (χ0n) is 17.2. The van der Waals surface area contributed by atoms with E-state index in [-0.39, 0.29) is 6.03 Å². The zero-order chi connectivity index (χ0) is 21.3. The quantitative estimate of drug-likeness (QED) is 0.451. The molecule has 2 aromatic carbocycles.